The van der Waals surface area contributed by atoms with Crippen molar-refractivity contribution in [1.82, 2.24) is 0 Å². The summed E-state index contributed by atoms with van der Waals surface area (Å²) < 4.78 is 8.42. The first kappa shape index (κ1) is 23.1. The monoisotopic (exact) mass is 450 g/mol. The number of carbonyl (C=O) groups is 1. The normalized spacial score (nSPS) is 17.2. The Morgan fingerprint density at radius 2 is 1.91 bits per heavy atom. The molecule has 2 nitrogen and oxygen atoms in total. The molecular formula is C19H35IO2Si. The summed E-state index contributed by atoms with van der Waals surface area (Å²) in [5, 5.41) is 0. The third kappa shape index (κ3) is 14.1. The molecule has 0 saturated carbocycles. The van der Waals surface area contributed by atoms with Gasteiger partial charge in [-0.05, 0) is 55.6 Å². The highest BCUT2D eigenvalue weighted by Gasteiger charge is 2.28. The van der Waals surface area contributed by atoms with E-state index < -0.39 is 8.32 Å². The summed E-state index contributed by atoms with van der Waals surface area (Å²) in [6, 6.07) is 0. The first-order valence-corrected chi connectivity index (χ1v) is 13.6. The number of hydrogen-bond acceptors (Lipinski definition) is 2. The predicted molar refractivity (Wildman–Crippen MR) is 113 cm³/mol. The van der Waals surface area contributed by atoms with E-state index in [9.17, 15) is 4.79 Å². The maximum Gasteiger partial charge on any atom is 0.184 e. The molecule has 1 atom stereocenters. The fourth-order valence-electron chi connectivity index (χ4n) is 2.60. The number of ketones is 1. The van der Waals surface area contributed by atoms with Crippen molar-refractivity contribution in [3.8, 4) is 0 Å². The quantitative estimate of drug-likeness (QED) is 0.219. The zero-order chi connectivity index (χ0) is 17.8. The van der Waals surface area contributed by atoms with Crippen molar-refractivity contribution in [1.29, 1.82) is 0 Å². The molecule has 0 spiro atoms. The van der Waals surface area contributed by atoms with Gasteiger partial charge in [-0.15, -0.1) is 0 Å². The maximum absolute atomic E-state index is 10.2. The van der Waals surface area contributed by atoms with Crippen molar-refractivity contribution in [2.24, 2.45) is 0 Å². The van der Waals surface area contributed by atoms with Crippen molar-refractivity contribution in [3.05, 3.63) is 22.3 Å². The van der Waals surface area contributed by atoms with Gasteiger partial charge in [0.2, 0.25) is 0 Å². The van der Waals surface area contributed by atoms with Gasteiger partial charge < -0.3 is 4.43 Å². The maximum atomic E-state index is 10.2. The second-order valence-corrected chi connectivity index (χ2v) is 12.5. The molecule has 0 fully saturated rings. The van der Waals surface area contributed by atoms with Crippen LogP contribution in [-0.2, 0) is 9.22 Å². The lowest BCUT2D eigenvalue weighted by atomic mass is 9.98. The third-order valence-corrected chi connectivity index (χ3v) is 5.03. The number of allylic oxidation sites excluding steroid dienone is 2. The second-order valence-electron chi connectivity index (χ2n) is 7.39. The van der Waals surface area contributed by atoms with E-state index in [1.54, 1.807) is 6.08 Å². The van der Waals surface area contributed by atoms with Crippen molar-refractivity contribution < 1.29 is 9.22 Å². The fourth-order valence-corrected chi connectivity index (χ4v) is 4.93. The Balaban J connectivity index is 0.000000664. The Hall–Kier alpha value is 0.0569. The molecule has 0 heterocycles. The number of rotatable bonds is 9. The Labute approximate surface area is 158 Å². The predicted octanol–water partition coefficient (Wildman–Crippen LogP) is 6.81. The first-order chi connectivity index (χ1) is 10.7. The molecular weight excluding hydrogens is 415 g/mol. The lowest BCUT2D eigenvalue weighted by molar-refractivity contribution is -0.114. The average Bonchev–Trinajstić information content (AvgIpc) is 2.88. The number of carbonyl (C=O) groups excluding carboxylic acids is 1. The summed E-state index contributed by atoms with van der Waals surface area (Å²) in [5.74, 6) is 0.273. The van der Waals surface area contributed by atoms with Gasteiger partial charge in [-0.2, -0.15) is 0 Å². The van der Waals surface area contributed by atoms with Gasteiger partial charge in [0, 0.05) is 6.42 Å². The Bertz CT molecular complexity index is 385. The lowest BCUT2D eigenvalue weighted by Crippen LogP contribution is -2.39. The number of unbranched alkanes of at least 4 members (excludes halogenated alkanes) is 4. The molecule has 0 aromatic heterocycles. The fraction of sp³-hybridized carbons (Fsp3) is 0.737. The van der Waals surface area contributed by atoms with E-state index in [1.807, 2.05) is 6.08 Å². The van der Waals surface area contributed by atoms with Crippen molar-refractivity contribution in [3.63, 3.8) is 0 Å². The van der Waals surface area contributed by atoms with E-state index in [0.717, 1.165) is 19.3 Å². The van der Waals surface area contributed by atoms with E-state index in [-0.39, 0.29) is 11.4 Å². The molecule has 0 saturated heterocycles. The van der Waals surface area contributed by atoms with Gasteiger partial charge in [0.25, 0.3) is 0 Å². The number of halogens is 1. The molecule has 1 unspecified atom stereocenters. The van der Waals surface area contributed by atoms with Crippen LogP contribution in [0.4, 0.5) is 0 Å². The Morgan fingerprint density at radius 1 is 1.26 bits per heavy atom. The van der Waals surface area contributed by atoms with Crippen LogP contribution in [0.1, 0.15) is 65.2 Å². The van der Waals surface area contributed by atoms with Crippen LogP contribution in [0.3, 0.4) is 0 Å². The van der Waals surface area contributed by atoms with Crippen LogP contribution in [0, 0.1) is 0 Å². The van der Waals surface area contributed by atoms with E-state index in [2.05, 4.69) is 66.2 Å². The minimum atomic E-state index is -1.46. The summed E-state index contributed by atoms with van der Waals surface area (Å²) in [4.78, 5) is 10.2. The first-order valence-electron chi connectivity index (χ1n) is 8.90. The molecule has 134 valence electrons. The third-order valence-electron chi connectivity index (χ3n) is 3.59. The summed E-state index contributed by atoms with van der Waals surface area (Å²) in [7, 11) is -1.46. The molecule has 1 rings (SSSR count). The summed E-state index contributed by atoms with van der Waals surface area (Å²) in [5.41, 5.74) is -0.0438. The van der Waals surface area contributed by atoms with Gasteiger partial charge in [0.15, 0.2) is 14.1 Å². The van der Waals surface area contributed by atoms with Crippen molar-refractivity contribution in [2.45, 2.75) is 90.5 Å². The minimum absolute atomic E-state index is 0.0438. The standard InChI is InChI=1S/C14H29IOSi.C5H6O/c1-6-7-8-9-10-11-14(2,12-13-15)16-17(3,4)5;6-5-3-1-2-4-5/h12-13H,6-11H2,1-5H3;1,3H,2,4H2/b13-12+;. The van der Waals surface area contributed by atoms with E-state index in [1.165, 1.54) is 32.1 Å². The zero-order valence-electron chi connectivity index (χ0n) is 15.7. The van der Waals surface area contributed by atoms with Crippen molar-refractivity contribution in [2.75, 3.05) is 0 Å². The molecule has 0 bridgehead atoms. The second kappa shape index (κ2) is 12.4. The van der Waals surface area contributed by atoms with Gasteiger partial charge >= 0.3 is 0 Å². The van der Waals surface area contributed by atoms with Crippen LogP contribution < -0.4 is 0 Å². The average molecular weight is 450 g/mol. The molecule has 4 heteroatoms. The summed E-state index contributed by atoms with van der Waals surface area (Å²) >= 11 is 2.29. The van der Waals surface area contributed by atoms with Crippen LogP contribution in [0.15, 0.2) is 22.3 Å². The van der Waals surface area contributed by atoms with Gasteiger partial charge in [-0.3, -0.25) is 4.79 Å². The van der Waals surface area contributed by atoms with Crippen LogP contribution in [0.5, 0.6) is 0 Å². The highest BCUT2D eigenvalue weighted by atomic mass is 127. The van der Waals surface area contributed by atoms with Crippen LogP contribution in [0.25, 0.3) is 0 Å². The van der Waals surface area contributed by atoms with E-state index in [4.69, 9.17) is 4.43 Å². The van der Waals surface area contributed by atoms with Gasteiger partial charge in [-0.25, -0.2) is 0 Å². The lowest BCUT2D eigenvalue weighted by Gasteiger charge is -2.34. The topological polar surface area (TPSA) is 26.3 Å². The molecule has 0 radical (unpaired) electrons. The number of hydrogen-bond donors (Lipinski definition) is 0. The van der Waals surface area contributed by atoms with Crippen LogP contribution in [0.2, 0.25) is 19.6 Å². The van der Waals surface area contributed by atoms with Crippen LogP contribution >= 0.6 is 22.6 Å². The Morgan fingerprint density at radius 3 is 2.30 bits per heavy atom. The van der Waals surface area contributed by atoms with Crippen molar-refractivity contribution >= 4 is 36.7 Å². The van der Waals surface area contributed by atoms with Crippen LogP contribution in [-0.4, -0.2) is 19.7 Å². The summed E-state index contributed by atoms with van der Waals surface area (Å²) in [6.45, 7) is 11.3. The van der Waals surface area contributed by atoms with E-state index in [0.29, 0.717) is 0 Å². The minimum Gasteiger partial charge on any atom is -0.409 e. The molecule has 1 aliphatic rings. The van der Waals surface area contributed by atoms with E-state index >= 15 is 0 Å². The molecule has 0 amide bonds. The molecule has 0 N–H and O–H groups in total. The zero-order valence-corrected chi connectivity index (χ0v) is 18.8. The summed E-state index contributed by atoms with van der Waals surface area (Å²) in [6.07, 6.45) is 15.3. The molecule has 23 heavy (non-hydrogen) atoms. The van der Waals surface area contributed by atoms with Gasteiger partial charge in [0.1, 0.15) is 0 Å². The SMILES string of the molecule is CCCCCCCC(C)(/C=C/I)O[Si](C)(C)C.O=C1C=CCC1. The molecule has 0 aromatic rings. The highest BCUT2D eigenvalue weighted by Crippen LogP contribution is 2.26. The largest absolute Gasteiger partial charge is 0.409 e. The highest BCUT2D eigenvalue weighted by molar-refractivity contribution is 14.1. The molecule has 0 aromatic carbocycles. The van der Waals surface area contributed by atoms with Gasteiger partial charge in [0.05, 0.1) is 5.60 Å². The molecule has 1 aliphatic carbocycles. The Kier molecular flexibility index (Phi) is 12.5. The molecule has 0 aliphatic heterocycles. The van der Waals surface area contributed by atoms with Gasteiger partial charge in [-0.1, -0.05) is 67.7 Å². The smallest absolute Gasteiger partial charge is 0.184 e.